The summed E-state index contributed by atoms with van der Waals surface area (Å²) in [4.78, 5) is 51.7. The first-order chi connectivity index (χ1) is 20.9. The van der Waals surface area contributed by atoms with E-state index in [4.69, 9.17) is 18.9 Å². The first kappa shape index (κ1) is 29.2. The Labute approximate surface area is 247 Å². The second kappa shape index (κ2) is 13.5. The molecule has 0 saturated carbocycles. The highest BCUT2D eigenvalue weighted by molar-refractivity contribution is 5.93. The lowest BCUT2D eigenvalue weighted by Gasteiger charge is -2.23. The highest BCUT2D eigenvalue weighted by Crippen LogP contribution is 2.32. The van der Waals surface area contributed by atoms with Crippen LogP contribution < -0.4 is 9.88 Å². The van der Waals surface area contributed by atoms with E-state index in [1.807, 2.05) is 0 Å². The highest BCUT2D eigenvalue weighted by atomic mass is 16.7. The van der Waals surface area contributed by atoms with Gasteiger partial charge in [-0.2, -0.15) is 4.57 Å². The molecule has 1 N–H and O–H groups in total. The van der Waals surface area contributed by atoms with E-state index in [1.165, 1.54) is 13.2 Å². The average Bonchev–Trinajstić information content (AvgIpc) is 3.40. The van der Waals surface area contributed by atoms with Gasteiger partial charge in [0.05, 0.1) is 16.7 Å². The van der Waals surface area contributed by atoms with Gasteiger partial charge >= 0.3 is 24.1 Å². The third-order valence-corrected chi connectivity index (χ3v) is 6.78. The van der Waals surface area contributed by atoms with Crippen LogP contribution in [-0.4, -0.2) is 55.8 Å². The monoisotopic (exact) mass is 581 g/mol. The van der Waals surface area contributed by atoms with Crippen molar-refractivity contribution in [3.63, 3.8) is 0 Å². The van der Waals surface area contributed by atoms with Crippen LogP contribution in [0.1, 0.15) is 47.7 Å². The molecule has 3 aromatic carbocycles. The number of amides is 1. The summed E-state index contributed by atoms with van der Waals surface area (Å²) in [5.41, 5.74) is 1.19. The Morgan fingerprint density at radius 3 is 1.70 bits per heavy atom. The molecule has 1 aliphatic rings. The van der Waals surface area contributed by atoms with Gasteiger partial charge in [-0.25, -0.2) is 14.4 Å². The van der Waals surface area contributed by atoms with Gasteiger partial charge in [-0.15, -0.1) is 0 Å². The zero-order valence-electron chi connectivity index (χ0n) is 23.2. The smallest absolute Gasteiger partial charge is 0.338 e. The second-order valence-electron chi connectivity index (χ2n) is 9.62. The van der Waals surface area contributed by atoms with Crippen LogP contribution >= 0.6 is 0 Å². The summed E-state index contributed by atoms with van der Waals surface area (Å²) in [6.45, 7) is -0.313. The number of pyridine rings is 1. The van der Waals surface area contributed by atoms with Crippen molar-refractivity contribution in [1.82, 2.24) is 5.32 Å². The van der Waals surface area contributed by atoms with Crippen LogP contribution in [0, 0.1) is 0 Å². The Hall–Kier alpha value is -5.35. The van der Waals surface area contributed by atoms with Crippen molar-refractivity contribution in [2.75, 3.05) is 13.7 Å². The van der Waals surface area contributed by atoms with Crippen molar-refractivity contribution >= 4 is 23.8 Å². The van der Waals surface area contributed by atoms with Gasteiger partial charge in [-0.1, -0.05) is 54.6 Å². The molecule has 1 fully saturated rings. The molecule has 0 unspecified atom stereocenters. The quantitative estimate of drug-likeness (QED) is 0.181. The van der Waals surface area contributed by atoms with Crippen molar-refractivity contribution in [3.05, 3.63) is 138 Å². The normalized spacial score (nSPS) is 19.2. The van der Waals surface area contributed by atoms with E-state index in [-0.39, 0.29) is 23.6 Å². The molecule has 10 heteroatoms. The molecule has 1 amide bonds. The first-order valence-corrected chi connectivity index (χ1v) is 13.6. The lowest BCUT2D eigenvalue weighted by Crippen LogP contribution is -2.49. The van der Waals surface area contributed by atoms with Gasteiger partial charge in [0.25, 0.3) is 5.91 Å². The number of carbonyl (C=O) groups is 4. The van der Waals surface area contributed by atoms with Crippen LogP contribution in [0.3, 0.4) is 0 Å². The van der Waals surface area contributed by atoms with Crippen molar-refractivity contribution in [2.24, 2.45) is 0 Å². The van der Waals surface area contributed by atoms with Crippen molar-refractivity contribution in [1.29, 1.82) is 0 Å². The van der Waals surface area contributed by atoms with E-state index in [0.29, 0.717) is 11.1 Å². The predicted octanol–water partition coefficient (Wildman–Crippen LogP) is 3.54. The number of aromatic nitrogens is 1. The molecule has 0 spiro atoms. The summed E-state index contributed by atoms with van der Waals surface area (Å²) in [7, 11) is 1.51. The third-order valence-electron chi connectivity index (χ3n) is 6.78. The zero-order chi connectivity index (χ0) is 30.2. The average molecular weight is 582 g/mol. The third kappa shape index (κ3) is 6.94. The van der Waals surface area contributed by atoms with Crippen LogP contribution in [0.5, 0.6) is 0 Å². The standard InChI is InChI=1S/C33H28N2O8/c1-34-29(36)25-18-11-19-35(20-25)30-28(43-33(39)24-16-9-4-10-17-24)27(42-32(38)23-14-7-3-8-15-23)26(41-30)21-40-31(37)22-12-5-2-6-13-22/h2-20,26-28,30H,21H2,1H3/p+1/t26-,27+,28+,30-/m0/s1. The maximum Gasteiger partial charge on any atom is 0.338 e. The number of rotatable bonds is 9. The molecular formula is C33H29N2O8+. The Morgan fingerprint density at radius 2 is 1.16 bits per heavy atom. The number of hydrogen-bond donors (Lipinski definition) is 1. The van der Waals surface area contributed by atoms with Crippen LogP contribution in [0.2, 0.25) is 0 Å². The highest BCUT2D eigenvalue weighted by Gasteiger charge is 2.55. The van der Waals surface area contributed by atoms with E-state index >= 15 is 0 Å². The summed E-state index contributed by atoms with van der Waals surface area (Å²) in [6, 6.07) is 28.3. The zero-order valence-corrected chi connectivity index (χ0v) is 23.2. The summed E-state index contributed by atoms with van der Waals surface area (Å²) in [6.07, 6.45) is -1.30. The minimum absolute atomic E-state index is 0.272. The fraction of sp³-hybridized carbons (Fsp3) is 0.182. The molecule has 1 aliphatic heterocycles. The van der Waals surface area contributed by atoms with Gasteiger partial charge in [-0.05, 0) is 42.5 Å². The van der Waals surface area contributed by atoms with Crippen LogP contribution in [0.4, 0.5) is 0 Å². The fourth-order valence-electron chi connectivity index (χ4n) is 4.63. The Kier molecular flexibility index (Phi) is 9.18. The summed E-state index contributed by atoms with van der Waals surface area (Å²) in [5, 5.41) is 2.57. The van der Waals surface area contributed by atoms with E-state index in [9.17, 15) is 19.2 Å². The second-order valence-corrected chi connectivity index (χ2v) is 9.62. The summed E-state index contributed by atoms with van der Waals surface area (Å²) >= 11 is 0. The summed E-state index contributed by atoms with van der Waals surface area (Å²) in [5.74, 6) is -2.30. The van der Waals surface area contributed by atoms with E-state index in [1.54, 1.807) is 114 Å². The van der Waals surface area contributed by atoms with Crippen LogP contribution in [0.25, 0.3) is 0 Å². The molecule has 4 aromatic rings. The maximum atomic E-state index is 13.3. The SMILES string of the molecule is CNC(=O)c1ccc[n+]([C@H]2O[C@@H](COC(=O)c3ccccc3)[C@@H](OC(=O)c3ccccc3)[C@H]2OC(=O)c2ccccc2)c1. The molecule has 0 bridgehead atoms. The van der Waals surface area contributed by atoms with Gasteiger partial charge < -0.3 is 24.3 Å². The van der Waals surface area contributed by atoms with Gasteiger partial charge in [0, 0.05) is 13.1 Å². The van der Waals surface area contributed by atoms with E-state index < -0.39 is 42.4 Å². The number of hydrogen-bond acceptors (Lipinski definition) is 8. The maximum absolute atomic E-state index is 13.3. The number of carbonyl (C=O) groups excluding carboxylic acids is 4. The molecule has 4 atom stereocenters. The minimum atomic E-state index is -1.19. The number of esters is 3. The molecule has 1 saturated heterocycles. The van der Waals surface area contributed by atoms with Crippen molar-refractivity contribution < 1.29 is 42.7 Å². The van der Waals surface area contributed by atoms with Gasteiger partial charge in [0.2, 0.25) is 6.10 Å². The minimum Gasteiger partial charge on any atom is -0.459 e. The fourth-order valence-corrected chi connectivity index (χ4v) is 4.63. The van der Waals surface area contributed by atoms with E-state index in [2.05, 4.69) is 5.32 Å². The van der Waals surface area contributed by atoms with Crippen LogP contribution in [0.15, 0.2) is 116 Å². The number of nitrogens with zero attached hydrogens (tertiary/aromatic N) is 1. The predicted molar refractivity (Wildman–Crippen MR) is 152 cm³/mol. The summed E-state index contributed by atoms with van der Waals surface area (Å²) < 4.78 is 25.3. The molecule has 10 nitrogen and oxygen atoms in total. The van der Waals surface area contributed by atoms with Crippen molar-refractivity contribution in [3.8, 4) is 0 Å². The number of nitrogens with one attached hydrogen (secondary N) is 1. The Morgan fingerprint density at radius 1 is 0.674 bits per heavy atom. The lowest BCUT2D eigenvalue weighted by molar-refractivity contribution is -0.765. The Bertz CT molecular complexity index is 1580. The molecule has 0 radical (unpaired) electrons. The van der Waals surface area contributed by atoms with Gasteiger partial charge in [0.15, 0.2) is 18.5 Å². The van der Waals surface area contributed by atoms with E-state index in [0.717, 1.165) is 0 Å². The van der Waals surface area contributed by atoms with Crippen molar-refractivity contribution in [2.45, 2.75) is 24.5 Å². The van der Waals surface area contributed by atoms with Crippen LogP contribution in [-0.2, 0) is 18.9 Å². The Balaban J connectivity index is 1.50. The number of benzene rings is 3. The molecule has 43 heavy (non-hydrogen) atoms. The molecular weight excluding hydrogens is 552 g/mol. The molecule has 2 heterocycles. The molecule has 0 aliphatic carbocycles. The van der Waals surface area contributed by atoms with Gasteiger partial charge in [-0.3, -0.25) is 4.79 Å². The number of ether oxygens (including phenoxy) is 4. The first-order valence-electron chi connectivity index (χ1n) is 13.6. The largest absolute Gasteiger partial charge is 0.459 e. The van der Waals surface area contributed by atoms with Gasteiger partial charge in [0.1, 0.15) is 18.3 Å². The lowest BCUT2D eigenvalue weighted by atomic mass is 10.1. The molecule has 5 rings (SSSR count). The molecule has 218 valence electrons. The topological polar surface area (TPSA) is 121 Å². The molecule has 1 aromatic heterocycles.